The standard InChI is InChI=1S/C58H38GeN4.C52H33GeN3S/c1-5-20-39(21-6-1)58-60-56(55-47-32-13-16-33-50(47)59(57(55)61-58,41-23-7-2-8-24-41)42-25-9-3-10-26-42)40-22-19-29-44(36-40)63-52-35-18-15-31-46(52)49-37-53-48(38-54(49)63)45-30-14-17-34-51(45)62(53)43-27-11-4-12-28-43;1-4-17-34(18-5-1)52-54-50(49-41-27-10-13-28-44(41)53(51(49)55-52,36-20-6-2-7-21-36)37-22-8-3-9-23-37)35-19-16-24-38(31-35)56-45-29-14-11-25-39(45)42-33-48-43(32-46(42)56)40-26-12-15-30-47(40)57-48/h1-38H;1-33H. The van der Waals surface area contributed by atoms with Crippen molar-refractivity contribution in [3.8, 4) is 84.6 Å². The van der Waals surface area contributed by atoms with Gasteiger partial charge < -0.3 is 0 Å². The minimum atomic E-state index is -3.71. The number of nitrogens with zero attached hydrogens (tertiary/aromatic N) is 7. The maximum absolute atomic E-state index is 5.73. The van der Waals surface area contributed by atoms with E-state index in [9.17, 15) is 0 Å². The first kappa shape index (κ1) is 69.9. The van der Waals surface area contributed by atoms with Crippen molar-refractivity contribution < 1.29 is 0 Å². The second kappa shape index (κ2) is 28.2. The molecular weight excluding hydrogens is 1600 g/mol. The van der Waals surface area contributed by atoms with Crippen LogP contribution >= 0.6 is 11.3 Å². The first-order chi connectivity index (χ1) is 59.5. The Morgan fingerprint density at radius 1 is 0.208 bits per heavy atom. The minimum absolute atomic E-state index is 0.749. The molecule has 25 rings (SSSR count). The fraction of sp³-hybridized carbons (Fsp3) is 0. The van der Waals surface area contributed by atoms with E-state index in [0.29, 0.717) is 0 Å². The van der Waals surface area contributed by atoms with E-state index in [0.717, 1.165) is 73.5 Å². The van der Waals surface area contributed by atoms with Crippen LogP contribution in [0.1, 0.15) is 0 Å². The van der Waals surface area contributed by atoms with Crippen LogP contribution < -0.4 is 35.4 Å². The molecule has 8 heterocycles. The first-order valence-electron chi connectivity index (χ1n) is 41.0. The quantitative estimate of drug-likeness (QED) is 0.121. The Labute approximate surface area is 702 Å². The van der Waals surface area contributed by atoms with Gasteiger partial charge in [0.2, 0.25) is 0 Å². The number of aromatic nitrogens is 7. The molecule has 0 atom stereocenters. The van der Waals surface area contributed by atoms with Crippen LogP contribution in [0.15, 0.2) is 431 Å². The monoisotopic (exact) mass is 1670 g/mol. The predicted molar refractivity (Wildman–Crippen MR) is 507 cm³/mol. The van der Waals surface area contributed by atoms with Crippen molar-refractivity contribution in [2.24, 2.45) is 0 Å². The van der Waals surface area contributed by atoms with E-state index in [-0.39, 0.29) is 0 Å². The summed E-state index contributed by atoms with van der Waals surface area (Å²) in [6.45, 7) is 0. The summed E-state index contributed by atoms with van der Waals surface area (Å²) < 4.78 is 20.5. The van der Waals surface area contributed by atoms with E-state index in [1.54, 1.807) is 0 Å². The van der Waals surface area contributed by atoms with Gasteiger partial charge in [-0.15, -0.1) is 0 Å². The van der Waals surface area contributed by atoms with Gasteiger partial charge in [0.05, 0.1) is 0 Å². The molecule has 0 amide bonds. The van der Waals surface area contributed by atoms with Gasteiger partial charge in [-0.2, -0.15) is 0 Å². The zero-order valence-corrected chi connectivity index (χ0v) is 70.0. The Balaban J connectivity index is 0.000000137. The summed E-state index contributed by atoms with van der Waals surface area (Å²) in [7, 11) is 0. The average Bonchev–Trinajstić information content (AvgIpc) is 1.53. The Morgan fingerprint density at radius 3 is 0.950 bits per heavy atom. The van der Waals surface area contributed by atoms with Gasteiger partial charge in [0.25, 0.3) is 0 Å². The van der Waals surface area contributed by atoms with E-state index in [4.69, 9.17) is 19.9 Å². The average molecular weight is 1670 g/mol. The van der Waals surface area contributed by atoms with Crippen LogP contribution in [-0.2, 0) is 0 Å². The summed E-state index contributed by atoms with van der Waals surface area (Å²) in [6, 6.07) is 157. The van der Waals surface area contributed by atoms with Gasteiger partial charge in [-0.1, -0.05) is 42.5 Å². The number of hydrogen-bond acceptors (Lipinski definition) is 5. The fourth-order valence-corrected chi connectivity index (χ4v) is 42.1. The third-order valence-corrected chi connectivity index (χ3v) is 45.9. The van der Waals surface area contributed by atoms with Crippen molar-refractivity contribution in [1.82, 2.24) is 33.6 Å². The molecular formula is C110H71Ge2N7S. The molecule has 0 unspecified atom stereocenters. The van der Waals surface area contributed by atoms with Crippen LogP contribution in [0.4, 0.5) is 0 Å². The van der Waals surface area contributed by atoms with Crippen LogP contribution in [-0.4, -0.2) is 60.2 Å². The molecule has 23 aromatic rings. The normalized spacial score (nSPS) is 13.0. The molecule has 2 aliphatic rings. The molecule has 10 heteroatoms. The maximum atomic E-state index is 5.73. The van der Waals surface area contributed by atoms with Gasteiger partial charge in [0.1, 0.15) is 0 Å². The molecule has 6 aromatic heterocycles. The van der Waals surface area contributed by atoms with Gasteiger partial charge in [0.15, 0.2) is 0 Å². The summed E-state index contributed by atoms with van der Waals surface area (Å²) in [6.07, 6.45) is 0. The van der Waals surface area contributed by atoms with Gasteiger partial charge in [-0.3, -0.25) is 0 Å². The third-order valence-electron chi connectivity index (χ3n) is 25.0. The first-order valence-corrected chi connectivity index (χ1v) is 50.2. The molecule has 0 aliphatic carbocycles. The zero-order valence-electron chi connectivity index (χ0n) is 65.0. The number of benzene rings is 17. The van der Waals surface area contributed by atoms with Crippen molar-refractivity contribution in [1.29, 1.82) is 0 Å². The van der Waals surface area contributed by atoms with E-state index >= 15 is 0 Å². The number of para-hydroxylation sites is 4. The molecule has 0 spiro atoms. The summed E-state index contributed by atoms with van der Waals surface area (Å²) in [4.78, 5) is 22.6. The molecule has 120 heavy (non-hydrogen) atoms. The fourth-order valence-electron chi connectivity index (χ4n) is 20.0. The molecule has 17 aromatic carbocycles. The number of fused-ring (bicyclic) bond motifs is 18. The van der Waals surface area contributed by atoms with E-state index in [1.165, 1.54) is 132 Å². The third kappa shape index (κ3) is 10.7. The van der Waals surface area contributed by atoms with Crippen LogP contribution in [0.2, 0.25) is 0 Å². The molecule has 0 bridgehead atoms. The molecule has 0 radical (unpaired) electrons. The van der Waals surface area contributed by atoms with Crippen molar-refractivity contribution in [2.75, 3.05) is 0 Å². The van der Waals surface area contributed by atoms with E-state index in [2.05, 4.69) is 444 Å². The van der Waals surface area contributed by atoms with Crippen molar-refractivity contribution in [3.05, 3.63) is 431 Å². The van der Waals surface area contributed by atoms with E-state index in [1.807, 2.05) is 11.3 Å². The number of rotatable bonds is 11. The molecule has 0 saturated heterocycles. The van der Waals surface area contributed by atoms with Crippen LogP contribution in [0.5, 0.6) is 0 Å². The Morgan fingerprint density at radius 2 is 0.525 bits per heavy atom. The second-order valence-corrected chi connectivity index (χ2v) is 47.8. The topological polar surface area (TPSA) is 66.3 Å². The Hall–Kier alpha value is -14.4. The molecule has 0 N–H and O–H groups in total. The van der Waals surface area contributed by atoms with Gasteiger partial charge in [0, 0.05) is 5.69 Å². The molecule has 0 fully saturated rings. The van der Waals surface area contributed by atoms with E-state index < -0.39 is 26.5 Å². The molecule has 560 valence electrons. The Bertz CT molecular complexity index is 7950. The van der Waals surface area contributed by atoms with Crippen LogP contribution in [0.25, 0.3) is 170 Å². The second-order valence-electron chi connectivity index (χ2n) is 31.4. The molecule has 2 aliphatic heterocycles. The zero-order chi connectivity index (χ0) is 79.0. The SMILES string of the molecule is c1ccc(-c2nc(-c3cccc(-n4c5ccccc5c5cc6c(cc54)c4ccccc4n6-c4ccccc4)c3)c3[c](n2)[Ge]([c]2ccccc2)([c]2ccccc2)[c]2ccccc2-3)cc1.c1ccc(-c2nc(-c3cccc(-n4c5ccccc5c5cc6sc7ccccc7c6cc54)c3)c3[c](n2)[Ge]([c]2ccccc2)([c]2ccccc2)[c]2ccccc2-3)cc1. The van der Waals surface area contributed by atoms with Crippen molar-refractivity contribution in [2.45, 2.75) is 0 Å². The molecule has 0 saturated carbocycles. The number of thiophene rings is 1. The summed E-state index contributed by atoms with van der Waals surface area (Å²) in [5.74, 6) is 1.51. The van der Waals surface area contributed by atoms with Crippen molar-refractivity contribution >= 4 is 159 Å². The summed E-state index contributed by atoms with van der Waals surface area (Å²) in [5.41, 5.74) is 21.3. The summed E-state index contributed by atoms with van der Waals surface area (Å²) >= 11 is -5.51. The summed E-state index contributed by atoms with van der Waals surface area (Å²) in [5, 5.41) is 10.0. The van der Waals surface area contributed by atoms with Gasteiger partial charge >= 0.3 is 635 Å². The predicted octanol–water partition coefficient (Wildman–Crippen LogP) is 22.0. The molecule has 7 nitrogen and oxygen atoms in total. The van der Waals surface area contributed by atoms with Crippen LogP contribution in [0, 0.1) is 0 Å². The Kier molecular flexibility index (Phi) is 16.4. The van der Waals surface area contributed by atoms with Crippen molar-refractivity contribution in [3.63, 3.8) is 0 Å². The van der Waals surface area contributed by atoms with Gasteiger partial charge in [-0.25, -0.2) is 0 Å². The number of hydrogen-bond donors (Lipinski definition) is 0. The van der Waals surface area contributed by atoms with Gasteiger partial charge in [-0.05, 0) is 24.3 Å². The van der Waals surface area contributed by atoms with Crippen LogP contribution in [0.3, 0.4) is 0 Å².